The molecule has 0 bridgehead atoms. The van der Waals surface area contributed by atoms with Crippen LogP contribution in [-0.4, -0.2) is 19.9 Å². The highest BCUT2D eigenvalue weighted by Gasteiger charge is 2.18. The molecule has 266 valence electrons. The van der Waals surface area contributed by atoms with Gasteiger partial charge in [-0.2, -0.15) is 0 Å². The zero-order valence-corrected chi connectivity index (χ0v) is 30.7. The minimum Gasteiger partial charge on any atom is -0.435 e. The molecule has 11 rings (SSSR count). The second-order valence-corrected chi connectivity index (χ2v) is 14.3. The molecule has 0 aliphatic carbocycles. The van der Waals surface area contributed by atoms with Gasteiger partial charge in [-0.25, -0.2) is 19.9 Å². The minimum atomic E-state index is 0.608. The van der Waals surface area contributed by atoms with Crippen LogP contribution < -0.4 is 0 Å². The Bertz CT molecular complexity index is 3290. The molecule has 0 fully saturated rings. The van der Waals surface area contributed by atoms with E-state index < -0.39 is 0 Å². The molecule has 0 radical (unpaired) electrons. The van der Waals surface area contributed by atoms with Crippen molar-refractivity contribution in [2.45, 2.75) is 0 Å². The van der Waals surface area contributed by atoms with Crippen molar-refractivity contribution in [1.29, 1.82) is 0 Å². The summed E-state index contributed by atoms with van der Waals surface area (Å²) in [5.41, 5.74) is 9.85. The average Bonchev–Trinajstić information content (AvgIpc) is 3.74. The number of aromatic nitrogens is 4. The second kappa shape index (κ2) is 13.5. The van der Waals surface area contributed by atoms with Gasteiger partial charge in [0.15, 0.2) is 23.1 Å². The van der Waals surface area contributed by atoms with Crippen molar-refractivity contribution in [1.82, 2.24) is 19.9 Å². The van der Waals surface area contributed by atoms with E-state index >= 15 is 0 Å². The molecule has 57 heavy (non-hydrogen) atoms. The van der Waals surface area contributed by atoms with Crippen LogP contribution in [0.3, 0.4) is 0 Å². The van der Waals surface area contributed by atoms with Gasteiger partial charge < -0.3 is 4.42 Å². The predicted octanol–water partition coefficient (Wildman–Crippen LogP) is 13.5. The van der Waals surface area contributed by atoms with Crippen LogP contribution in [0, 0.1) is 0 Å². The summed E-state index contributed by atoms with van der Waals surface area (Å²) in [7, 11) is 0. The third-order valence-corrected chi connectivity index (χ3v) is 10.7. The first kappa shape index (κ1) is 32.7. The summed E-state index contributed by atoms with van der Waals surface area (Å²) in [6.45, 7) is 0. The van der Waals surface area contributed by atoms with Gasteiger partial charge in [0.25, 0.3) is 0 Å². The largest absolute Gasteiger partial charge is 0.435 e. The Morgan fingerprint density at radius 2 is 0.877 bits per heavy atom. The van der Waals surface area contributed by atoms with E-state index in [-0.39, 0.29) is 0 Å². The molecular weight excluding hydrogens is 697 g/mol. The summed E-state index contributed by atoms with van der Waals surface area (Å²) in [4.78, 5) is 20.3. The van der Waals surface area contributed by atoms with Gasteiger partial charge in [0.05, 0.1) is 0 Å². The summed E-state index contributed by atoms with van der Waals surface area (Å²) in [5.74, 6) is 2.47. The van der Waals surface area contributed by atoms with Gasteiger partial charge in [-0.15, -0.1) is 0 Å². The van der Waals surface area contributed by atoms with E-state index in [9.17, 15) is 0 Å². The summed E-state index contributed by atoms with van der Waals surface area (Å²) in [6, 6.07) is 67.2. The first-order valence-electron chi connectivity index (χ1n) is 19.0. The second-order valence-electron chi connectivity index (χ2n) is 14.3. The zero-order chi connectivity index (χ0) is 37.7. The van der Waals surface area contributed by atoms with Crippen LogP contribution in [0.15, 0.2) is 199 Å². The van der Waals surface area contributed by atoms with Crippen molar-refractivity contribution >= 4 is 43.4 Å². The number of oxazole rings is 1. The summed E-state index contributed by atoms with van der Waals surface area (Å²) < 4.78 is 6.54. The van der Waals surface area contributed by atoms with E-state index in [0.29, 0.717) is 23.4 Å². The molecule has 0 N–H and O–H groups in total. The normalized spacial score (nSPS) is 11.5. The van der Waals surface area contributed by atoms with Gasteiger partial charge >= 0.3 is 0 Å². The topological polar surface area (TPSA) is 64.7 Å². The van der Waals surface area contributed by atoms with Crippen molar-refractivity contribution < 1.29 is 4.42 Å². The maximum atomic E-state index is 6.54. The Balaban J connectivity index is 1.06. The third-order valence-electron chi connectivity index (χ3n) is 10.7. The molecule has 5 heteroatoms. The van der Waals surface area contributed by atoms with Gasteiger partial charge in [0.1, 0.15) is 5.52 Å². The number of rotatable bonds is 6. The molecule has 9 aromatic carbocycles. The first-order valence-corrected chi connectivity index (χ1v) is 19.0. The maximum absolute atomic E-state index is 6.54. The number of benzene rings is 9. The lowest BCUT2D eigenvalue weighted by Gasteiger charge is -2.13. The molecule has 0 aliphatic rings. The molecule has 0 unspecified atom stereocenters. The van der Waals surface area contributed by atoms with Crippen LogP contribution in [0.5, 0.6) is 0 Å². The Hall–Kier alpha value is -7.76. The van der Waals surface area contributed by atoms with E-state index in [2.05, 4.69) is 121 Å². The molecule has 0 saturated heterocycles. The SMILES string of the molecule is c1ccc(-c2ccc3cc(-c4nc(-c5ccccc5)nc(-c5cccc6ccc(-c7cccc8ccc9nc(-c%10ccccc%10)oc9c78)cc56)n4)ccc3c2)cc1. The van der Waals surface area contributed by atoms with Crippen LogP contribution in [0.1, 0.15) is 0 Å². The molecule has 0 spiro atoms. The van der Waals surface area contributed by atoms with Crippen LogP contribution in [-0.2, 0) is 0 Å². The van der Waals surface area contributed by atoms with Crippen LogP contribution in [0.25, 0.3) is 111 Å². The van der Waals surface area contributed by atoms with E-state index in [1.807, 2.05) is 72.8 Å². The highest BCUT2D eigenvalue weighted by molar-refractivity contribution is 6.12. The van der Waals surface area contributed by atoms with Crippen molar-refractivity contribution in [2.24, 2.45) is 0 Å². The zero-order valence-electron chi connectivity index (χ0n) is 30.7. The lowest BCUT2D eigenvalue weighted by atomic mass is 9.94. The Morgan fingerprint density at radius 3 is 1.63 bits per heavy atom. The molecule has 0 saturated carbocycles. The number of hydrogen-bond donors (Lipinski definition) is 0. The number of nitrogens with zero attached hydrogens (tertiary/aromatic N) is 4. The van der Waals surface area contributed by atoms with Crippen molar-refractivity contribution in [3.63, 3.8) is 0 Å². The van der Waals surface area contributed by atoms with Crippen molar-refractivity contribution in [3.05, 3.63) is 194 Å². The van der Waals surface area contributed by atoms with E-state index in [1.165, 1.54) is 11.1 Å². The quantitative estimate of drug-likeness (QED) is 0.171. The smallest absolute Gasteiger partial charge is 0.227 e. The molecule has 11 aromatic rings. The molecule has 2 aromatic heterocycles. The van der Waals surface area contributed by atoms with Crippen molar-refractivity contribution in [3.8, 4) is 67.9 Å². The lowest BCUT2D eigenvalue weighted by molar-refractivity contribution is 0.623. The molecule has 0 atom stereocenters. The molecule has 5 nitrogen and oxygen atoms in total. The molecule has 0 amide bonds. The Morgan fingerprint density at radius 1 is 0.316 bits per heavy atom. The predicted molar refractivity (Wildman–Crippen MR) is 233 cm³/mol. The molecular formula is C52H32N4O. The minimum absolute atomic E-state index is 0.608. The number of fused-ring (bicyclic) bond motifs is 5. The Labute approximate surface area is 328 Å². The van der Waals surface area contributed by atoms with Gasteiger partial charge in [-0.3, -0.25) is 0 Å². The van der Waals surface area contributed by atoms with Crippen molar-refractivity contribution in [2.75, 3.05) is 0 Å². The third kappa shape index (κ3) is 5.90. The van der Waals surface area contributed by atoms with E-state index in [1.54, 1.807) is 0 Å². The lowest BCUT2D eigenvalue weighted by Crippen LogP contribution is -2.00. The maximum Gasteiger partial charge on any atom is 0.227 e. The molecule has 0 aliphatic heterocycles. The van der Waals surface area contributed by atoms with Crippen LogP contribution in [0.4, 0.5) is 0 Å². The van der Waals surface area contributed by atoms with Crippen LogP contribution >= 0.6 is 0 Å². The van der Waals surface area contributed by atoms with Gasteiger partial charge in [-0.1, -0.05) is 158 Å². The van der Waals surface area contributed by atoms with E-state index in [4.69, 9.17) is 24.4 Å². The monoisotopic (exact) mass is 728 g/mol. The number of hydrogen-bond acceptors (Lipinski definition) is 5. The van der Waals surface area contributed by atoms with Gasteiger partial charge in [-0.05, 0) is 85.6 Å². The fourth-order valence-corrected chi connectivity index (χ4v) is 7.87. The fraction of sp³-hybridized carbons (Fsp3) is 0. The summed E-state index contributed by atoms with van der Waals surface area (Å²) in [6.07, 6.45) is 0. The van der Waals surface area contributed by atoms with Gasteiger partial charge in [0, 0.05) is 27.6 Å². The standard InChI is InChI=1S/C52H32N4O/c1-4-12-33(13-5-1)38-23-24-40-31-42(27-25-39(40)30-38)50-54-49(36-14-6-2-7-15-36)55-51(56-50)44-21-10-18-34-22-26-41(32-45(34)44)43-20-11-19-35-28-29-46-48(47(35)43)57-52(53-46)37-16-8-3-9-17-37/h1-32H. The average molecular weight is 729 g/mol. The van der Waals surface area contributed by atoms with Crippen LogP contribution in [0.2, 0.25) is 0 Å². The molecule has 2 heterocycles. The highest BCUT2D eigenvalue weighted by atomic mass is 16.3. The first-order chi connectivity index (χ1) is 28.2. The fourth-order valence-electron chi connectivity index (χ4n) is 7.87. The summed E-state index contributed by atoms with van der Waals surface area (Å²) in [5, 5.41) is 6.54. The highest BCUT2D eigenvalue weighted by Crippen LogP contribution is 2.39. The summed E-state index contributed by atoms with van der Waals surface area (Å²) >= 11 is 0. The van der Waals surface area contributed by atoms with E-state index in [0.717, 1.165) is 76.8 Å². The van der Waals surface area contributed by atoms with Gasteiger partial charge in [0.2, 0.25) is 5.89 Å². The Kier molecular flexibility index (Phi) is 7.74.